The Hall–Kier alpha value is -2.49. The van der Waals surface area contributed by atoms with Gasteiger partial charge >= 0.3 is 17.9 Å². The summed E-state index contributed by atoms with van der Waals surface area (Å²) < 4.78 is 0. The summed E-state index contributed by atoms with van der Waals surface area (Å²) in [6.07, 6.45) is 0.963. The fourth-order valence-electron chi connectivity index (χ4n) is 4.14. The predicted molar refractivity (Wildman–Crippen MR) is 108 cm³/mol. The van der Waals surface area contributed by atoms with Crippen LogP contribution in [0.5, 0.6) is 0 Å². The van der Waals surface area contributed by atoms with Gasteiger partial charge in [0.25, 0.3) is 0 Å². The van der Waals surface area contributed by atoms with Gasteiger partial charge in [0.1, 0.15) is 0 Å². The highest BCUT2D eigenvalue weighted by atomic mass is 16.4. The average Bonchev–Trinajstić information content (AvgIpc) is 3.54. The molecule has 9 heteroatoms. The van der Waals surface area contributed by atoms with Crippen LogP contribution in [0.3, 0.4) is 0 Å². The normalized spacial score (nSPS) is 18.4. The second kappa shape index (κ2) is 8.33. The summed E-state index contributed by atoms with van der Waals surface area (Å²) in [4.78, 5) is 43.1. The summed E-state index contributed by atoms with van der Waals surface area (Å²) in [5.41, 5.74) is 0.451. The van der Waals surface area contributed by atoms with E-state index in [-0.39, 0.29) is 28.7 Å². The number of rotatable bonds is 12. The van der Waals surface area contributed by atoms with E-state index in [1.807, 2.05) is 0 Å². The molecular formula is C21H27N3O6. The van der Waals surface area contributed by atoms with Gasteiger partial charge in [-0.25, -0.2) is 14.4 Å². The average molecular weight is 417 g/mol. The maximum absolute atomic E-state index is 12.3. The SMILES string of the molecule is O=C(O)c1c(CCN2CC2)c(CCN2CC2)c(C(=O)O)c(C(=O)O)c1CCN1CC1. The van der Waals surface area contributed by atoms with Crippen LogP contribution in [-0.4, -0.2) is 107 Å². The molecule has 0 aliphatic carbocycles. The first-order chi connectivity index (χ1) is 14.4. The Morgan fingerprint density at radius 3 is 1.17 bits per heavy atom. The molecule has 3 fully saturated rings. The third-order valence-corrected chi connectivity index (χ3v) is 6.12. The first kappa shape index (κ1) is 20.8. The smallest absolute Gasteiger partial charge is 0.336 e. The summed E-state index contributed by atoms with van der Waals surface area (Å²) in [5.74, 6) is -3.85. The van der Waals surface area contributed by atoms with Crippen molar-refractivity contribution < 1.29 is 29.7 Å². The van der Waals surface area contributed by atoms with Gasteiger partial charge in [-0.15, -0.1) is 0 Å². The van der Waals surface area contributed by atoms with Gasteiger partial charge in [0.15, 0.2) is 0 Å². The number of carboxylic acid groups (broad SMARTS) is 3. The van der Waals surface area contributed by atoms with Crippen molar-refractivity contribution >= 4 is 17.9 Å². The lowest BCUT2D eigenvalue weighted by Gasteiger charge is -2.23. The van der Waals surface area contributed by atoms with Gasteiger partial charge in [0.2, 0.25) is 0 Å². The molecule has 3 saturated heterocycles. The lowest BCUT2D eigenvalue weighted by molar-refractivity contribution is 0.0646. The summed E-state index contributed by atoms with van der Waals surface area (Å²) in [6, 6.07) is 0. The quantitative estimate of drug-likeness (QED) is 0.414. The van der Waals surface area contributed by atoms with Gasteiger partial charge in [-0.1, -0.05) is 0 Å². The highest BCUT2D eigenvalue weighted by molar-refractivity contribution is 6.07. The Labute approximate surface area is 174 Å². The molecule has 162 valence electrons. The second-order valence-corrected chi connectivity index (χ2v) is 8.25. The van der Waals surface area contributed by atoms with Gasteiger partial charge in [-0.3, -0.25) is 0 Å². The standard InChI is InChI=1S/C21H27N3O6/c25-19(26)16-13(1-4-22-7-8-22)14(2-5-23-9-10-23)17(20(27)28)18(21(29)30)15(16)3-6-24-11-12-24/h1-12H2,(H,25,26)(H,27,28)(H,29,30). The third kappa shape index (κ3) is 4.63. The Morgan fingerprint density at radius 1 is 0.533 bits per heavy atom. The van der Waals surface area contributed by atoms with Gasteiger partial charge < -0.3 is 30.0 Å². The molecular weight excluding hydrogens is 390 g/mol. The number of hydrogen-bond acceptors (Lipinski definition) is 6. The summed E-state index contributed by atoms with van der Waals surface area (Å²) >= 11 is 0. The minimum atomic E-state index is -1.37. The molecule has 30 heavy (non-hydrogen) atoms. The zero-order valence-corrected chi connectivity index (χ0v) is 16.9. The molecule has 3 aliphatic heterocycles. The topological polar surface area (TPSA) is 121 Å². The van der Waals surface area contributed by atoms with Crippen molar-refractivity contribution in [3.8, 4) is 0 Å². The van der Waals surface area contributed by atoms with E-state index in [2.05, 4.69) is 14.7 Å². The van der Waals surface area contributed by atoms with Crippen LogP contribution in [0.15, 0.2) is 0 Å². The molecule has 3 heterocycles. The molecule has 1 aromatic rings. The first-order valence-electron chi connectivity index (χ1n) is 10.4. The number of nitrogens with zero attached hydrogens (tertiary/aromatic N) is 3. The number of carbonyl (C=O) groups is 3. The maximum Gasteiger partial charge on any atom is 0.336 e. The van der Waals surface area contributed by atoms with Gasteiger partial charge in [0, 0.05) is 58.9 Å². The highest BCUT2D eigenvalue weighted by Crippen LogP contribution is 2.32. The van der Waals surface area contributed by atoms with Crippen LogP contribution in [0.2, 0.25) is 0 Å². The molecule has 0 amide bonds. The zero-order chi connectivity index (χ0) is 21.4. The largest absolute Gasteiger partial charge is 0.478 e. The minimum absolute atomic E-state index is 0.00176. The van der Waals surface area contributed by atoms with Crippen molar-refractivity contribution in [2.24, 2.45) is 0 Å². The van der Waals surface area contributed by atoms with Gasteiger partial charge in [-0.05, 0) is 36.0 Å². The summed E-state index contributed by atoms with van der Waals surface area (Å²) in [7, 11) is 0. The summed E-state index contributed by atoms with van der Waals surface area (Å²) in [5, 5.41) is 30.0. The molecule has 9 nitrogen and oxygen atoms in total. The van der Waals surface area contributed by atoms with Crippen molar-refractivity contribution in [2.45, 2.75) is 19.3 Å². The van der Waals surface area contributed by atoms with E-state index in [9.17, 15) is 29.7 Å². The van der Waals surface area contributed by atoms with E-state index >= 15 is 0 Å². The number of aromatic carboxylic acids is 3. The Bertz CT molecular complexity index is 887. The zero-order valence-electron chi connectivity index (χ0n) is 16.9. The Balaban J connectivity index is 1.87. The van der Waals surface area contributed by atoms with Gasteiger partial charge in [0.05, 0.1) is 16.7 Å². The van der Waals surface area contributed by atoms with Crippen molar-refractivity contribution in [3.63, 3.8) is 0 Å². The predicted octanol–water partition coefficient (Wildman–Crippen LogP) is 0.356. The Morgan fingerprint density at radius 2 is 0.833 bits per heavy atom. The van der Waals surface area contributed by atoms with Crippen molar-refractivity contribution in [1.29, 1.82) is 0 Å². The maximum atomic E-state index is 12.3. The van der Waals surface area contributed by atoms with Crippen LogP contribution in [0.1, 0.15) is 47.8 Å². The van der Waals surface area contributed by atoms with E-state index < -0.39 is 17.9 Å². The Kier molecular flexibility index (Phi) is 5.77. The molecule has 4 rings (SSSR count). The fraction of sp³-hybridized carbons (Fsp3) is 0.571. The fourth-order valence-corrected chi connectivity index (χ4v) is 4.14. The van der Waals surface area contributed by atoms with Crippen LogP contribution in [0, 0.1) is 0 Å². The van der Waals surface area contributed by atoms with Crippen molar-refractivity contribution in [2.75, 3.05) is 58.9 Å². The van der Waals surface area contributed by atoms with Crippen molar-refractivity contribution in [3.05, 3.63) is 33.4 Å². The number of carboxylic acids is 3. The molecule has 0 saturated carbocycles. The van der Waals surface area contributed by atoms with E-state index in [1.54, 1.807) is 0 Å². The van der Waals surface area contributed by atoms with E-state index in [0.717, 1.165) is 39.3 Å². The van der Waals surface area contributed by atoms with Crippen LogP contribution >= 0.6 is 0 Å². The number of hydrogen-bond donors (Lipinski definition) is 3. The lowest BCUT2D eigenvalue weighted by Crippen LogP contribution is -2.25. The van der Waals surface area contributed by atoms with Crippen LogP contribution in [0.4, 0.5) is 0 Å². The molecule has 0 radical (unpaired) electrons. The van der Waals surface area contributed by atoms with E-state index in [0.29, 0.717) is 43.6 Å². The third-order valence-electron chi connectivity index (χ3n) is 6.12. The van der Waals surface area contributed by atoms with Gasteiger partial charge in [-0.2, -0.15) is 0 Å². The molecule has 1 aromatic carbocycles. The lowest BCUT2D eigenvalue weighted by atomic mass is 9.82. The second-order valence-electron chi connectivity index (χ2n) is 8.25. The van der Waals surface area contributed by atoms with Crippen molar-refractivity contribution in [1.82, 2.24) is 14.7 Å². The molecule has 0 unspecified atom stereocenters. The van der Waals surface area contributed by atoms with Crippen LogP contribution in [0.25, 0.3) is 0 Å². The highest BCUT2D eigenvalue weighted by Gasteiger charge is 2.34. The van der Waals surface area contributed by atoms with Crippen LogP contribution in [-0.2, 0) is 19.3 Å². The van der Waals surface area contributed by atoms with E-state index in [1.165, 1.54) is 0 Å². The van der Waals surface area contributed by atoms with E-state index in [4.69, 9.17) is 0 Å². The molecule has 3 N–H and O–H groups in total. The molecule has 0 spiro atoms. The molecule has 0 atom stereocenters. The summed E-state index contributed by atoms with van der Waals surface area (Å²) in [6.45, 7) is 7.32. The molecule has 0 bridgehead atoms. The first-order valence-corrected chi connectivity index (χ1v) is 10.4. The minimum Gasteiger partial charge on any atom is -0.478 e. The molecule has 0 aromatic heterocycles. The monoisotopic (exact) mass is 417 g/mol. The molecule has 3 aliphatic rings. The van der Waals surface area contributed by atoms with Crippen LogP contribution < -0.4 is 0 Å². The number of benzene rings is 1.